The number of amides is 1. The number of carboxylic acid groups (broad SMARTS) is 1. The van der Waals surface area contributed by atoms with Gasteiger partial charge in [-0.05, 0) is 90.3 Å². The first-order chi connectivity index (χ1) is 22.4. The molecule has 0 spiro atoms. The number of carbonyl (C=O) groups is 2. The van der Waals surface area contributed by atoms with E-state index < -0.39 is 5.97 Å². The van der Waals surface area contributed by atoms with Gasteiger partial charge in [0.2, 0.25) is 0 Å². The largest absolute Gasteiger partial charge is 0.481 e. The molecule has 46 heavy (non-hydrogen) atoms. The Morgan fingerprint density at radius 1 is 0.957 bits per heavy atom. The van der Waals surface area contributed by atoms with Crippen LogP contribution in [0.4, 0.5) is 0 Å². The summed E-state index contributed by atoms with van der Waals surface area (Å²) in [5.74, 6) is -1.20. The molecular weight excluding hydrogens is 578 g/mol. The van der Waals surface area contributed by atoms with E-state index in [-0.39, 0.29) is 18.2 Å². The molecule has 3 aliphatic rings. The number of aromatic nitrogens is 4. The minimum atomic E-state index is -0.855. The molecule has 9 nitrogen and oxygen atoms in total. The van der Waals surface area contributed by atoms with E-state index in [1.54, 1.807) is 7.11 Å². The molecule has 5 aromatic rings. The second kappa shape index (κ2) is 12.7. The Labute approximate surface area is 268 Å². The smallest absolute Gasteiger partial charge is 0.304 e. The van der Waals surface area contributed by atoms with Gasteiger partial charge in [0.15, 0.2) is 0 Å². The molecule has 0 unspecified atom stereocenters. The third kappa shape index (κ3) is 5.68. The number of carbonyl (C=O) groups excluding carboxylic acids is 1. The predicted octanol–water partition coefficient (Wildman–Crippen LogP) is 6.26. The van der Waals surface area contributed by atoms with Crippen LogP contribution < -0.4 is 0 Å². The Morgan fingerprint density at radius 3 is 2.65 bits per heavy atom. The molecule has 0 radical (unpaired) electrons. The summed E-state index contributed by atoms with van der Waals surface area (Å²) >= 11 is 0. The van der Waals surface area contributed by atoms with Crippen molar-refractivity contribution in [3.63, 3.8) is 0 Å². The predicted molar refractivity (Wildman–Crippen MR) is 177 cm³/mol. The minimum absolute atomic E-state index is 0.00904. The zero-order chi connectivity index (χ0) is 31.8. The lowest BCUT2D eigenvalue weighted by atomic mass is 9.83. The third-order valence-corrected chi connectivity index (χ3v) is 9.96. The van der Waals surface area contributed by atoms with Crippen molar-refractivity contribution in [2.45, 2.75) is 77.4 Å². The summed E-state index contributed by atoms with van der Waals surface area (Å²) in [6, 6.07) is 19.0. The van der Waals surface area contributed by atoms with Gasteiger partial charge in [0.05, 0.1) is 18.5 Å². The summed E-state index contributed by atoms with van der Waals surface area (Å²) in [4.78, 5) is 28.3. The van der Waals surface area contributed by atoms with Gasteiger partial charge in [-0.1, -0.05) is 48.4 Å². The zero-order valence-corrected chi connectivity index (χ0v) is 26.7. The molecule has 0 aliphatic carbocycles. The molecule has 2 aromatic heterocycles. The summed E-state index contributed by atoms with van der Waals surface area (Å²) in [6.45, 7) is 5.05. The Hall–Kier alpha value is -4.50. The molecule has 0 fully saturated rings. The van der Waals surface area contributed by atoms with Crippen LogP contribution in [0.5, 0.6) is 0 Å². The van der Waals surface area contributed by atoms with Crippen molar-refractivity contribution in [1.29, 1.82) is 0 Å². The van der Waals surface area contributed by atoms with Gasteiger partial charge in [-0.3, -0.25) is 9.59 Å². The van der Waals surface area contributed by atoms with E-state index in [1.807, 2.05) is 28.6 Å². The number of carboxylic acids is 1. The van der Waals surface area contributed by atoms with E-state index in [2.05, 4.69) is 57.3 Å². The van der Waals surface area contributed by atoms with E-state index >= 15 is 0 Å². The lowest BCUT2D eigenvalue weighted by Crippen LogP contribution is -2.37. The van der Waals surface area contributed by atoms with Gasteiger partial charge in [-0.2, -0.15) is 0 Å². The van der Waals surface area contributed by atoms with Crippen molar-refractivity contribution in [3.05, 3.63) is 93.7 Å². The first-order valence-corrected chi connectivity index (χ1v) is 16.5. The van der Waals surface area contributed by atoms with Crippen molar-refractivity contribution in [3.8, 4) is 0 Å². The van der Waals surface area contributed by atoms with Crippen LogP contribution in [-0.2, 0) is 42.0 Å². The number of methoxy groups -OCH3 is 1. The zero-order valence-electron chi connectivity index (χ0n) is 26.7. The fourth-order valence-corrected chi connectivity index (χ4v) is 7.46. The fraction of sp³-hybridized carbons (Fsp3) is 0.405. The van der Waals surface area contributed by atoms with Crippen LogP contribution in [0.25, 0.3) is 21.9 Å². The van der Waals surface area contributed by atoms with E-state index in [9.17, 15) is 14.7 Å². The molecular formula is C37H41N5O4. The first kappa shape index (κ1) is 30.2. The van der Waals surface area contributed by atoms with Crippen molar-refractivity contribution >= 4 is 33.8 Å². The Bertz CT molecular complexity index is 1940. The summed E-state index contributed by atoms with van der Waals surface area (Å²) in [6.07, 6.45) is 6.05. The third-order valence-electron chi connectivity index (χ3n) is 9.96. The average Bonchev–Trinajstić information content (AvgIpc) is 3.64. The van der Waals surface area contributed by atoms with Crippen LogP contribution in [0.1, 0.15) is 81.9 Å². The molecule has 8 rings (SSSR count). The van der Waals surface area contributed by atoms with Gasteiger partial charge in [0.25, 0.3) is 5.91 Å². The quantitative estimate of drug-likeness (QED) is 0.249. The van der Waals surface area contributed by atoms with Gasteiger partial charge < -0.3 is 19.3 Å². The van der Waals surface area contributed by atoms with Crippen LogP contribution in [0.3, 0.4) is 0 Å². The summed E-state index contributed by atoms with van der Waals surface area (Å²) in [7, 11) is 1.69. The van der Waals surface area contributed by atoms with Crippen molar-refractivity contribution in [2.24, 2.45) is 0 Å². The number of aliphatic carboxylic acids is 1. The van der Waals surface area contributed by atoms with Gasteiger partial charge in [-0.15, -0.1) is 5.10 Å². The minimum Gasteiger partial charge on any atom is -0.481 e. The molecule has 5 heterocycles. The standard InChI is InChI=1S/C37H41N5O4/c1-24-30-11-13-33-36(24)38-39-42(33)15-6-4-3-5-7-25-8-12-32-28(19-25)21-34(41(32)17-18-46-2)37(45)40-16-14-26-9-10-27(20-29(26)23-40)31(30)22-35(43)44/h8-13,19-21,31H,3-7,14-18,22-23H2,1-2H3,(H,43,44)/t31-/m0/s1. The molecule has 0 saturated carbocycles. The van der Waals surface area contributed by atoms with Crippen molar-refractivity contribution in [2.75, 3.05) is 20.3 Å². The molecule has 9 heteroatoms. The monoisotopic (exact) mass is 619 g/mol. The van der Waals surface area contributed by atoms with Crippen LogP contribution in [0.2, 0.25) is 0 Å². The van der Waals surface area contributed by atoms with Gasteiger partial charge in [0.1, 0.15) is 11.2 Å². The maximum atomic E-state index is 14.2. The highest BCUT2D eigenvalue weighted by molar-refractivity contribution is 5.99. The number of ether oxygens (including phenoxy) is 1. The summed E-state index contributed by atoms with van der Waals surface area (Å²) in [5, 5.41) is 20.1. The highest BCUT2D eigenvalue weighted by Crippen LogP contribution is 2.36. The molecule has 1 amide bonds. The Kier molecular flexibility index (Phi) is 8.34. The number of aryl methyl sites for hydroxylation is 3. The number of rotatable bonds is 5. The van der Waals surface area contributed by atoms with Gasteiger partial charge in [0, 0.05) is 50.1 Å². The highest BCUT2D eigenvalue weighted by atomic mass is 16.5. The van der Waals surface area contributed by atoms with Crippen LogP contribution in [0, 0.1) is 6.92 Å². The van der Waals surface area contributed by atoms with E-state index in [0.29, 0.717) is 31.9 Å². The SMILES string of the molecule is COCCn1c2cc3cc(ccc31)CCCCCCn1nnc3c(C)c(ccc31)[C@@H](CC(=O)O)c1ccc3c(c1)CN(CC3)C2=O. The maximum absolute atomic E-state index is 14.2. The number of fused-ring (bicyclic) bond motifs is 6. The van der Waals surface area contributed by atoms with E-state index in [0.717, 1.165) is 89.3 Å². The molecule has 3 aromatic carbocycles. The second-order valence-electron chi connectivity index (χ2n) is 12.8. The summed E-state index contributed by atoms with van der Waals surface area (Å²) < 4.78 is 9.51. The number of benzene rings is 3. The average molecular weight is 620 g/mol. The van der Waals surface area contributed by atoms with Crippen molar-refractivity contribution in [1.82, 2.24) is 24.5 Å². The topological polar surface area (TPSA) is 102 Å². The molecule has 10 bridgehead atoms. The van der Waals surface area contributed by atoms with Crippen LogP contribution in [-0.4, -0.2) is 61.7 Å². The van der Waals surface area contributed by atoms with Crippen LogP contribution in [0.15, 0.2) is 54.6 Å². The van der Waals surface area contributed by atoms with E-state index in [4.69, 9.17) is 4.74 Å². The Morgan fingerprint density at radius 2 is 1.80 bits per heavy atom. The van der Waals surface area contributed by atoms with Crippen molar-refractivity contribution < 1.29 is 19.4 Å². The lowest BCUT2D eigenvalue weighted by molar-refractivity contribution is -0.137. The molecule has 0 saturated heterocycles. The van der Waals surface area contributed by atoms with Gasteiger partial charge >= 0.3 is 5.97 Å². The lowest BCUT2D eigenvalue weighted by Gasteiger charge is -2.30. The number of hydrogen-bond donors (Lipinski definition) is 1. The normalized spacial score (nSPS) is 17.3. The fourth-order valence-electron chi connectivity index (χ4n) is 7.46. The molecule has 3 aliphatic heterocycles. The first-order valence-electron chi connectivity index (χ1n) is 16.5. The number of hydrogen-bond acceptors (Lipinski definition) is 5. The molecule has 1 N–H and O–H groups in total. The van der Waals surface area contributed by atoms with E-state index in [1.165, 1.54) is 11.1 Å². The Balaban J connectivity index is 1.31. The molecule has 1 atom stereocenters. The number of nitrogens with zero attached hydrogens (tertiary/aromatic N) is 5. The highest BCUT2D eigenvalue weighted by Gasteiger charge is 2.28. The van der Waals surface area contributed by atoms with Gasteiger partial charge in [-0.25, -0.2) is 4.68 Å². The second-order valence-corrected chi connectivity index (χ2v) is 12.8. The summed E-state index contributed by atoms with van der Waals surface area (Å²) in [5.41, 5.74) is 9.95. The molecule has 238 valence electrons. The maximum Gasteiger partial charge on any atom is 0.304 e. The van der Waals surface area contributed by atoms with Crippen LogP contribution >= 0.6 is 0 Å².